The zero-order valence-electron chi connectivity index (χ0n) is 15.0. The molecular weight excluding hydrogens is 298 g/mol. The lowest BCUT2D eigenvalue weighted by Crippen LogP contribution is -2.55. The average molecular weight is 327 g/mol. The highest BCUT2D eigenvalue weighted by molar-refractivity contribution is 6.01. The molecule has 0 aromatic heterocycles. The number of hydrogen-bond donors (Lipinski definition) is 1. The van der Waals surface area contributed by atoms with Crippen LogP contribution in [0.25, 0.3) is 0 Å². The van der Waals surface area contributed by atoms with Crippen molar-refractivity contribution in [2.45, 2.75) is 58.9 Å². The van der Waals surface area contributed by atoms with E-state index in [1.54, 1.807) is 12.2 Å². The van der Waals surface area contributed by atoms with Gasteiger partial charge in [0.05, 0.1) is 0 Å². The Balaban J connectivity index is 1.74. The average Bonchev–Trinajstić information content (AvgIpc) is 2.84. The van der Waals surface area contributed by atoms with Crippen LogP contribution in [0.4, 0.5) is 0 Å². The molecule has 3 heteroatoms. The summed E-state index contributed by atoms with van der Waals surface area (Å²) < 4.78 is 0. The molecule has 24 heavy (non-hydrogen) atoms. The summed E-state index contributed by atoms with van der Waals surface area (Å²) in [6.45, 7) is 6.60. The van der Waals surface area contributed by atoms with Gasteiger partial charge >= 0.3 is 0 Å². The van der Waals surface area contributed by atoms with E-state index in [4.69, 9.17) is 5.73 Å². The van der Waals surface area contributed by atoms with E-state index < -0.39 is 0 Å². The molecule has 4 aliphatic rings. The van der Waals surface area contributed by atoms with Gasteiger partial charge in [0.2, 0.25) is 0 Å². The molecule has 0 aromatic rings. The number of fused-ring (bicyclic) bond motifs is 5. The lowest BCUT2D eigenvalue weighted by atomic mass is 9.47. The van der Waals surface area contributed by atoms with Crippen molar-refractivity contribution in [1.29, 1.82) is 0 Å². The van der Waals surface area contributed by atoms with Crippen LogP contribution in [0.2, 0.25) is 0 Å². The van der Waals surface area contributed by atoms with Crippen molar-refractivity contribution < 1.29 is 9.59 Å². The Morgan fingerprint density at radius 1 is 1.21 bits per heavy atom. The number of allylic oxidation sites excluding steroid dienone is 4. The number of nitrogens with two attached hydrogens (primary N) is 1. The maximum atomic E-state index is 13.3. The second-order valence-electron chi connectivity index (χ2n) is 9.17. The largest absolute Gasteiger partial charge is 0.328 e. The van der Waals surface area contributed by atoms with Gasteiger partial charge in [0.1, 0.15) is 5.78 Å². The molecule has 3 fully saturated rings. The Labute approximate surface area is 144 Å². The molecule has 2 unspecified atom stereocenters. The third-order valence-corrected chi connectivity index (χ3v) is 7.96. The summed E-state index contributed by atoms with van der Waals surface area (Å²) in [7, 11) is 0. The summed E-state index contributed by atoms with van der Waals surface area (Å²) in [6, 6.07) is 0.159. The molecule has 0 saturated heterocycles. The van der Waals surface area contributed by atoms with E-state index in [2.05, 4.69) is 20.8 Å². The highest BCUT2D eigenvalue weighted by Crippen LogP contribution is 2.65. The van der Waals surface area contributed by atoms with Crippen LogP contribution in [0.1, 0.15) is 52.9 Å². The SMILES string of the molecule is CC(N)C1CC[C@H]2[C@@H]3CCC4=CC(=O)C=C[C@]4(C)[C@H]3C(=O)C[C@]12C. The van der Waals surface area contributed by atoms with Gasteiger partial charge in [-0.1, -0.05) is 25.5 Å². The first-order chi connectivity index (χ1) is 11.3. The van der Waals surface area contributed by atoms with Gasteiger partial charge in [-0.3, -0.25) is 9.59 Å². The number of carbonyl (C=O) groups is 2. The van der Waals surface area contributed by atoms with Crippen LogP contribution in [-0.4, -0.2) is 17.6 Å². The fourth-order valence-electron chi connectivity index (χ4n) is 6.93. The monoisotopic (exact) mass is 327 g/mol. The topological polar surface area (TPSA) is 60.2 Å². The molecule has 0 aromatic carbocycles. The summed E-state index contributed by atoms with van der Waals surface area (Å²) >= 11 is 0. The second kappa shape index (κ2) is 5.14. The minimum Gasteiger partial charge on any atom is -0.328 e. The van der Waals surface area contributed by atoms with Crippen LogP contribution in [-0.2, 0) is 9.59 Å². The zero-order chi connectivity index (χ0) is 17.3. The molecule has 2 N–H and O–H groups in total. The molecule has 0 spiro atoms. The minimum absolute atomic E-state index is 0.0479. The molecule has 130 valence electrons. The van der Waals surface area contributed by atoms with Gasteiger partial charge in [-0.2, -0.15) is 0 Å². The van der Waals surface area contributed by atoms with E-state index in [-0.39, 0.29) is 28.6 Å². The molecule has 0 bridgehead atoms. The van der Waals surface area contributed by atoms with Crippen molar-refractivity contribution in [3.05, 3.63) is 23.8 Å². The van der Waals surface area contributed by atoms with Crippen LogP contribution in [0.3, 0.4) is 0 Å². The summed E-state index contributed by atoms with van der Waals surface area (Å²) in [5, 5.41) is 0. The van der Waals surface area contributed by atoms with E-state index in [9.17, 15) is 9.59 Å². The molecule has 0 amide bonds. The highest BCUT2D eigenvalue weighted by atomic mass is 16.1. The first kappa shape index (κ1) is 16.3. The smallest absolute Gasteiger partial charge is 0.178 e. The molecular formula is C21H29NO2. The fourth-order valence-corrected chi connectivity index (χ4v) is 6.93. The van der Waals surface area contributed by atoms with Crippen molar-refractivity contribution in [2.75, 3.05) is 0 Å². The number of Topliss-reactive ketones (excluding diaryl/α,β-unsaturated/α-hetero) is 1. The van der Waals surface area contributed by atoms with Crippen LogP contribution >= 0.6 is 0 Å². The first-order valence-electron chi connectivity index (χ1n) is 9.50. The molecule has 7 atom stereocenters. The van der Waals surface area contributed by atoms with E-state index >= 15 is 0 Å². The lowest BCUT2D eigenvalue weighted by molar-refractivity contribution is -0.143. The van der Waals surface area contributed by atoms with E-state index in [0.29, 0.717) is 30.0 Å². The quantitative estimate of drug-likeness (QED) is 0.802. The van der Waals surface area contributed by atoms with Crippen molar-refractivity contribution in [3.8, 4) is 0 Å². The van der Waals surface area contributed by atoms with Crippen molar-refractivity contribution >= 4 is 11.6 Å². The second-order valence-corrected chi connectivity index (χ2v) is 9.17. The van der Waals surface area contributed by atoms with Crippen LogP contribution in [0.5, 0.6) is 0 Å². The van der Waals surface area contributed by atoms with Crippen molar-refractivity contribution in [1.82, 2.24) is 0 Å². The molecule has 0 aliphatic heterocycles. The third kappa shape index (κ3) is 2.00. The van der Waals surface area contributed by atoms with Crippen LogP contribution in [0.15, 0.2) is 23.8 Å². The highest BCUT2D eigenvalue weighted by Gasteiger charge is 2.61. The van der Waals surface area contributed by atoms with Gasteiger partial charge in [-0.15, -0.1) is 0 Å². The normalized spacial score (nSPS) is 48.4. The number of hydrogen-bond acceptors (Lipinski definition) is 3. The minimum atomic E-state index is -0.248. The summed E-state index contributed by atoms with van der Waals surface area (Å²) in [5.74, 6) is 2.03. The standard InChI is InChI=1S/C21H29NO2/c1-12(22)16-6-7-17-15-5-4-13-10-14(23)8-9-20(13,2)19(15)18(24)11-21(16,17)3/h8-10,12,15-17,19H,4-7,11,22H2,1-3H3/t12?,15-,16?,17-,19+,20-,21+/m0/s1. The van der Waals surface area contributed by atoms with Gasteiger partial charge in [-0.25, -0.2) is 0 Å². The zero-order valence-corrected chi connectivity index (χ0v) is 15.0. The number of rotatable bonds is 1. The van der Waals surface area contributed by atoms with Gasteiger partial charge in [0.15, 0.2) is 5.78 Å². The summed E-state index contributed by atoms with van der Waals surface area (Å²) in [4.78, 5) is 25.1. The van der Waals surface area contributed by atoms with Gasteiger partial charge < -0.3 is 5.73 Å². The van der Waals surface area contributed by atoms with Gasteiger partial charge in [0, 0.05) is 23.8 Å². The third-order valence-electron chi connectivity index (χ3n) is 7.96. The van der Waals surface area contributed by atoms with E-state index in [1.807, 2.05) is 6.08 Å². The Kier molecular flexibility index (Phi) is 3.48. The predicted molar refractivity (Wildman–Crippen MR) is 94.1 cm³/mol. The van der Waals surface area contributed by atoms with Gasteiger partial charge in [-0.05, 0) is 67.9 Å². The van der Waals surface area contributed by atoms with Crippen molar-refractivity contribution in [3.63, 3.8) is 0 Å². The van der Waals surface area contributed by atoms with Crippen molar-refractivity contribution in [2.24, 2.45) is 40.2 Å². The van der Waals surface area contributed by atoms with Gasteiger partial charge in [0.25, 0.3) is 0 Å². The van der Waals surface area contributed by atoms with Crippen LogP contribution < -0.4 is 5.73 Å². The Morgan fingerprint density at radius 2 is 1.96 bits per heavy atom. The molecule has 0 heterocycles. The number of ketones is 2. The Bertz CT molecular complexity index is 661. The van der Waals surface area contributed by atoms with E-state index in [1.165, 1.54) is 12.0 Å². The maximum absolute atomic E-state index is 13.3. The predicted octanol–water partition coefficient (Wildman–Crippen LogP) is 3.44. The maximum Gasteiger partial charge on any atom is 0.178 e. The summed E-state index contributed by atoms with van der Waals surface area (Å²) in [5.41, 5.74) is 7.28. The summed E-state index contributed by atoms with van der Waals surface area (Å²) in [6.07, 6.45) is 10.5. The van der Waals surface area contributed by atoms with E-state index in [0.717, 1.165) is 19.3 Å². The fraction of sp³-hybridized carbons (Fsp3) is 0.714. The lowest BCUT2D eigenvalue weighted by Gasteiger charge is -2.56. The Morgan fingerprint density at radius 3 is 2.67 bits per heavy atom. The van der Waals surface area contributed by atoms with Crippen LogP contribution in [0, 0.1) is 34.5 Å². The molecule has 3 nitrogen and oxygen atoms in total. The molecule has 4 aliphatic carbocycles. The molecule has 4 rings (SSSR count). The molecule has 0 radical (unpaired) electrons. The molecule has 3 saturated carbocycles. The Hall–Kier alpha value is -1.22. The first-order valence-corrected chi connectivity index (χ1v) is 9.50. The number of carbonyl (C=O) groups excluding carboxylic acids is 2.